The molecule has 2 aromatic rings. The van der Waals surface area contributed by atoms with Crippen molar-refractivity contribution in [3.05, 3.63) is 77.5 Å². The van der Waals surface area contributed by atoms with Crippen LogP contribution < -0.4 is 0 Å². The summed E-state index contributed by atoms with van der Waals surface area (Å²) in [6.45, 7) is 7.75. The molecule has 2 fully saturated rings. The normalized spacial score (nSPS) is 21.6. The molecule has 0 aliphatic carbocycles. The predicted octanol–water partition coefficient (Wildman–Crippen LogP) is 3.67. The molecule has 2 unspecified atom stereocenters. The Hall–Kier alpha value is -2.30. The lowest BCUT2D eigenvalue weighted by Gasteiger charge is -2.49. The van der Waals surface area contributed by atoms with Gasteiger partial charge in [-0.2, -0.15) is 17.0 Å². The molecule has 180 valence electrons. The smallest absolute Gasteiger partial charge is 0.152 e. The van der Waals surface area contributed by atoms with Crippen LogP contribution in [-0.2, 0) is 5.54 Å². The largest absolute Gasteiger partial charge is 0.371 e. The standard InChI is InChI=1S/C28H37N5S/c1-30-14-18-32(19-15-30)26(22-24-10-6-4-7-11-24)27(34-3)28(23-29,25-12-8-5-9-13-25)33-20-16-31(2)17-21-33/h4-13,22,27H,14-21H2,1-3H3/b26-22-. The van der Waals surface area contributed by atoms with E-state index < -0.39 is 5.54 Å². The molecule has 0 amide bonds. The molecule has 5 nitrogen and oxygen atoms in total. The van der Waals surface area contributed by atoms with Crippen molar-refractivity contribution in [2.24, 2.45) is 0 Å². The van der Waals surface area contributed by atoms with E-state index in [1.165, 1.54) is 11.3 Å². The average Bonchev–Trinajstić information content (AvgIpc) is 2.89. The molecule has 2 saturated heterocycles. The summed E-state index contributed by atoms with van der Waals surface area (Å²) in [5, 5.41) is 11.0. The summed E-state index contributed by atoms with van der Waals surface area (Å²) >= 11 is 1.81. The Morgan fingerprint density at radius 1 is 0.853 bits per heavy atom. The van der Waals surface area contributed by atoms with E-state index in [1.807, 2.05) is 17.8 Å². The van der Waals surface area contributed by atoms with Crippen molar-refractivity contribution >= 4 is 17.8 Å². The maximum atomic E-state index is 11.0. The number of benzene rings is 2. The van der Waals surface area contributed by atoms with Crippen LogP contribution in [0.3, 0.4) is 0 Å². The molecular formula is C28H37N5S. The van der Waals surface area contributed by atoms with Crippen LogP contribution in [-0.4, -0.2) is 97.6 Å². The summed E-state index contributed by atoms with van der Waals surface area (Å²) < 4.78 is 0. The molecule has 34 heavy (non-hydrogen) atoms. The van der Waals surface area contributed by atoms with Crippen molar-refractivity contribution < 1.29 is 0 Å². The second kappa shape index (κ2) is 11.4. The predicted molar refractivity (Wildman–Crippen MR) is 144 cm³/mol. The highest BCUT2D eigenvalue weighted by atomic mass is 32.2. The van der Waals surface area contributed by atoms with Crippen LogP contribution in [0.25, 0.3) is 6.08 Å². The van der Waals surface area contributed by atoms with Gasteiger partial charge >= 0.3 is 0 Å². The number of rotatable bonds is 7. The lowest BCUT2D eigenvalue weighted by atomic mass is 9.82. The molecule has 6 heteroatoms. The highest BCUT2D eigenvalue weighted by Crippen LogP contribution is 2.43. The Kier molecular flexibility index (Phi) is 8.33. The van der Waals surface area contributed by atoms with Gasteiger partial charge in [-0.05, 0) is 37.6 Å². The maximum Gasteiger partial charge on any atom is 0.152 e. The molecule has 2 atom stereocenters. The van der Waals surface area contributed by atoms with Crippen molar-refractivity contribution in [3.8, 4) is 6.07 Å². The van der Waals surface area contributed by atoms with Gasteiger partial charge in [0, 0.05) is 58.1 Å². The molecule has 2 aliphatic rings. The van der Waals surface area contributed by atoms with Crippen LogP contribution in [0, 0.1) is 11.3 Å². The third-order valence-corrected chi connectivity index (χ3v) is 8.31. The summed E-state index contributed by atoms with van der Waals surface area (Å²) in [6, 6.07) is 24.0. The molecule has 0 aromatic heterocycles. The first-order valence-electron chi connectivity index (χ1n) is 12.2. The van der Waals surface area contributed by atoms with Gasteiger partial charge in [0.15, 0.2) is 5.54 Å². The molecule has 2 aliphatic heterocycles. The van der Waals surface area contributed by atoms with Gasteiger partial charge in [0.05, 0.1) is 11.3 Å². The second-order valence-corrected chi connectivity index (χ2v) is 10.4. The van der Waals surface area contributed by atoms with Gasteiger partial charge in [0.25, 0.3) is 0 Å². The fourth-order valence-corrected chi connectivity index (χ4v) is 6.31. The first-order valence-corrected chi connectivity index (χ1v) is 13.5. The Balaban J connectivity index is 1.85. The van der Waals surface area contributed by atoms with E-state index in [4.69, 9.17) is 0 Å². The quantitative estimate of drug-likeness (QED) is 0.608. The van der Waals surface area contributed by atoms with Crippen LogP contribution in [0.15, 0.2) is 66.4 Å². The number of piperazine rings is 2. The second-order valence-electron chi connectivity index (χ2n) is 9.42. The van der Waals surface area contributed by atoms with Crippen LogP contribution in [0.2, 0.25) is 0 Å². The number of nitriles is 1. The minimum absolute atomic E-state index is 0.0214. The summed E-state index contributed by atoms with van der Waals surface area (Å²) in [5.74, 6) is 0. The van der Waals surface area contributed by atoms with Crippen molar-refractivity contribution in [1.82, 2.24) is 19.6 Å². The van der Waals surface area contributed by atoms with Gasteiger partial charge in [-0.1, -0.05) is 60.7 Å². The van der Waals surface area contributed by atoms with Crippen molar-refractivity contribution in [2.75, 3.05) is 72.7 Å². The molecule has 2 aromatic carbocycles. The van der Waals surface area contributed by atoms with E-state index in [0.29, 0.717) is 0 Å². The van der Waals surface area contributed by atoms with Crippen molar-refractivity contribution in [3.63, 3.8) is 0 Å². The van der Waals surface area contributed by atoms with Crippen LogP contribution in [0.4, 0.5) is 0 Å². The summed E-state index contributed by atoms with van der Waals surface area (Å²) in [5.41, 5.74) is 2.80. The van der Waals surface area contributed by atoms with Gasteiger partial charge in [-0.15, -0.1) is 0 Å². The number of thioether (sulfide) groups is 1. The zero-order chi connectivity index (χ0) is 24.0. The molecule has 0 N–H and O–H groups in total. The third kappa shape index (κ3) is 5.18. The van der Waals surface area contributed by atoms with Gasteiger partial charge in [-0.25, -0.2) is 0 Å². The minimum atomic E-state index is -0.744. The van der Waals surface area contributed by atoms with E-state index in [2.05, 4.69) is 107 Å². The molecule has 4 rings (SSSR count). The molecule has 0 radical (unpaired) electrons. The van der Waals surface area contributed by atoms with E-state index in [0.717, 1.165) is 57.9 Å². The summed E-state index contributed by atoms with van der Waals surface area (Å²) in [7, 11) is 4.36. The Labute approximate surface area is 209 Å². The van der Waals surface area contributed by atoms with E-state index in [-0.39, 0.29) is 5.25 Å². The number of nitrogens with zero attached hydrogens (tertiary/aromatic N) is 5. The third-order valence-electron chi connectivity index (χ3n) is 7.25. The lowest BCUT2D eigenvalue weighted by Crippen LogP contribution is -2.60. The Morgan fingerprint density at radius 3 is 1.91 bits per heavy atom. The van der Waals surface area contributed by atoms with E-state index in [9.17, 15) is 5.26 Å². The van der Waals surface area contributed by atoms with Crippen molar-refractivity contribution in [1.29, 1.82) is 5.26 Å². The van der Waals surface area contributed by atoms with Gasteiger partial charge in [0.2, 0.25) is 0 Å². The van der Waals surface area contributed by atoms with Gasteiger partial charge in [-0.3, -0.25) is 4.90 Å². The van der Waals surface area contributed by atoms with Crippen LogP contribution in [0.5, 0.6) is 0 Å². The zero-order valence-corrected chi connectivity index (χ0v) is 21.5. The molecule has 0 saturated carbocycles. The van der Waals surface area contributed by atoms with E-state index in [1.54, 1.807) is 0 Å². The maximum absolute atomic E-state index is 11.0. The number of hydrogen-bond acceptors (Lipinski definition) is 6. The zero-order valence-electron chi connectivity index (χ0n) is 20.7. The fraction of sp³-hybridized carbons (Fsp3) is 0.464. The molecule has 0 bridgehead atoms. The first-order chi connectivity index (χ1) is 16.6. The molecule has 0 spiro atoms. The minimum Gasteiger partial charge on any atom is -0.371 e. The highest BCUT2D eigenvalue weighted by molar-refractivity contribution is 7.99. The lowest BCUT2D eigenvalue weighted by molar-refractivity contribution is 0.0684. The average molecular weight is 476 g/mol. The van der Waals surface area contributed by atoms with Crippen LogP contribution in [0.1, 0.15) is 11.1 Å². The first kappa shape index (κ1) is 24.8. The van der Waals surface area contributed by atoms with Gasteiger partial charge in [0.1, 0.15) is 0 Å². The molecular weight excluding hydrogens is 438 g/mol. The van der Waals surface area contributed by atoms with Gasteiger partial charge < -0.3 is 14.7 Å². The summed E-state index contributed by atoms with van der Waals surface area (Å²) in [6.07, 6.45) is 4.50. The monoisotopic (exact) mass is 475 g/mol. The van der Waals surface area contributed by atoms with Crippen LogP contribution >= 0.6 is 11.8 Å². The van der Waals surface area contributed by atoms with E-state index >= 15 is 0 Å². The molecule has 2 heterocycles. The Bertz CT molecular complexity index is 973. The highest BCUT2D eigenvalue weighted by Gasteiger charge is 2.49. The number of hydrogen-bond donors (Lipinski definition) is 0. The Morgan fingerprint density at radius 2 is 1.38 bits per heavy atom. The fourth-order valence-electron chi connectivity index (χ4n) is 5.17. The van der Waals surface area contributed by atoms with Crippen molar-refractivity contribution in [2.45, 2.75) is 10.8 Å². The summed E-state index contributed by atoms with van der Waals surface area (Å²) in [4.78, 5) is 9.72. The SMILES string of the molecule is CSC(/C(=C/c1ccccc1)N1CCN(C)CC1)C(C#N)(c1ccccc1)N1CCN(C)CC1. The number of likely N-dealkylation sites (N-methyl/N-ethyl adjacent to an activating group) is 2. The topological polar surface area (TPSA) is 36.8 Å².